The van der Waals surface area contributed by atoms with Gasteiger partial charge < -0.3 is 24.8 Å². The minimum atomic E-state index is -0.305. The molecule has 0 spiro atoms. The first-order chi connectivity index (χ1) is 16.6. The molecule has 0 bridgehead atoms. The molecule has 0 saturated carbocycles. The molecule has 0 radical (unpaired) electrons. The van der Waals surface area contributed by atoms with E-state index in [2.05, 4.69) is 31.9 Å². The van der Waals surface area contributed by atoms with Crippen molar-refractivity contribution in [1.29, 1.82) is 0 Å². The highest BCUT2D eigenvalue weighted by Gasteiger charge is 2.24. The molecule has 2 fully saturated rings. The molecule has 2 saturated heterocycles. The molecule has 2 aliphatic rings. The van der Waals surface area contributed by atoms with Crippen LogP contribution in [0.5, 0.6) is 0 Å². The van der Waals surface area contributed by atoms with Gasteiger partial charge in [-0.15, -0.1) is 0 Å². The number of likely N-dealkylation sites (N-methyl/N-ethyl adjacent to an activating group) is 1. The molecule has 34 heavy (non-hydrogen) atoms. The predicted molar refractivity (Wildman–Crippen MR) is 136 cm³/mol. The first kappa shape index (κ1) is 22.8. The van der Waals surface area contributed by atoms with Gasteiger partial charge in [0.1, 0.15) is 0 Å². The van der Waals surface area contributed by atoms with Crippen LogP contribution in [0.3, 0.4) is 0 Å². The van der Waals surface area contributed by atoms with Crippen molar-refractivity contribution in [3.8, 4) is 0 Å². The second-order valence-corrected chi connectivity index (χ2v) is 8.93. The van der Waals surface area contributed by atoms with Crippen LogP contribution in [0.1, 0.15) is 17.4 Å². The number of aromatic nitrogens is 2. The molecule has 0 unspecified atom stereocenters. The Bertz CT molecular complexity index is 1180. The number of hydrogen-bond donors (Lipinski definition) is 1. The lowest BCUT2D eigenvalue weighted by Gasteiger charge is -2.36. The first-order valence-electron chi connectivity index (χ1n) is 11.8. The smallest absolute Gasteiger partial charge is 0.278 e. The number of nitrogens with one attached hydrogen (secondary N) is 1. The monoisotopic (exact) mass is 480 g/mol. The van der Waals surface area contributed by atoms with Crippen LogP contribution in [0, 0.1) is 0 Å². The molecule has 0 aliphatic carbocycles. The van der Waals surface area contributed by atoms with E-state index >= 15 is 0 Å². The number of anilines is 3. The third-order valence-corrected chi connectivity index (χ3v) is 6.75. The van der Waals surface area contributed by atoms with Crippen molar-refractivity contribution >= 4 is 45.7 Å². The lowest BCUT2D eigenvalue weighted by molar-refractivity contribution is 0.102. The number of nitrogens with zero attached hydrogens (tertiary/aromatic N) is 5. The van der Waals surface area contributed by atoms with Gasteiger partial charge >= 0.3 is 0 Å². The predicted octanol–water partition coefficient (Wildman–Crippen LogP) is 3.51. The molecule has 9 heteroatoms. The summed E-state index contributed by atoms with van der Waals surface area (Å²) in [7, 11) is 0. The van der Waals surface area contributed by atoms with Crippen molar-refractivity contribution in [2.45, 2.75) is 6.92 Å². The number of fused-ring (bicyclic) bond motifs is 1. The average molecular weight is 481 g/mol. The van der Waals surface area contributed by atoms with Gasteiger partial charge in [0.2, 0.25) is 0 Å². The Kier molecular flexibility index (Phi) is 6.80. The van der Waals surface area contributed by atoms with Crippen LogP contribution in [0.15, 0.2) is 42.5 Å². The summed E-state index contributed by atoms with van der Waals surface area (Å²) in [6.07, 6.45) is 0. The standard InChI is InChI=1S/C25H29ClN6O2/c1-2-30-9-11-31(12-10-30)22-8-7-18(17-19(22)26)27-25(33)23-24(32-13-15-34-16-14-32)29-21-6-4-3-5-20(21)28-23/h3-8,17H,2,9-16H2,1H3,(H,27,33). The maximum atomic E-state index is 13.4. The molecule has 1 aromatic heterocycles. The van der Waals surface area contributed by atoms with Crippen LogP contribution in [0.25, 0.3) is 11.0 Å². The van der Waals surface area contributed by atoms with Crippen LogP contribution < -0.4 is 15.1 Å². The Morgan fingerprint density at radius 2 is 1.68 bits per heavy atom. The number of benzene rings is 2. The third kappa shape index (κ3) is 4.80. The van der Waals surface area contributed by atoms with Gasteiger partial charge in [-0.1, -0.05) is 30.7 Å². The molecule has 1 amide bonds. The van der Waals surface area contributed by atoms with Crippen molar-refractivity contribution in [2.75, 3.05) is 74.1 Å². The Morgan fingerprint density at radius 1 is 0.971 bits per heavy atom. The number of morpholine rings is 1. The number of rotatable bonds is 5. The number of para-hydroxylation sites is 2. The fourth-order valence-electron chi connectivity index (χ4n) is 4.48. The van der Waals surface area contributed by atoms with Crippen molar-refractivity contribution in [1.82, 2.24) is 14.9 Å². The summed E-state index contributed by atoms with van der Waals surface area (Å²) < 4.78 is 5.48. The molecule has 178 valence electrons. The van der Waals surface area contributed by atoms with Gasteiger partial charge in [-0.3, -0.25) is 4.79 Å². The summed E-state index contributed by atoms with van der Waals surface area (Å²) >= 11 is 6.64. The Morgan fingerprint density at radius 3 is 2.35 bits per heavy atom. The minimum absolute atomic E-state index is 0.302. The number of amides is 1. The van der Waals surface area contributed by atoms with Crippen molar-refractivity contribution in [2.24, 2.45) is 0 Å². The second-order valence-electron chi connectivity index (χ2n) is 8.53. The number of piperazine rings is 1. The lowest BCUT2D eigenvalue weighted by atomic mass is 10.2. The summed E-state index contributed by atoms with van der Waals surface area (Å²) in [5, 5.41) is 3.60. The molecule has 3 heterocycles. The van der Waals surface area contributed by atoms with Crippen molar-refractivity contribution in [3.63, 3.8) is 0 Å². The largest absolute Gasteiger partial charge is 0.378 e. The van der Waals surface area contributed by atoms with Gasteiger partial charge in [-0.25, -0.2) is 9.97 Å². The van der Waals surface area contributed by atoms with Crippen LogP contribution in [-0.2, 0) is 4.74 Å². The van der Waals surface area contributed by atoms with E-state index in [0.29, 0.717) is 54.0 Å². The summed E-state index contributed by atoms with van der Waals surface area (Å²) in [5.41, 5.74) is 3.38. The highest BCUT2D eigenvalue weighted by molar-refractivity contribution is 6.33. The quantitative estimate of drug-likeness (QED) is 0.599. The number of carbonyl (C=O) groups is 1. The van der Waals surface area contributed by atoms with Gasteiger partial charge in [-0.2, -0.15) is 0 Å². The van der Waals surface area contributed by atoms with E-state index in [9.17, 15) is 4.79 Å². The van der Waals surface area contributed by atoms with Gasteiger partial charge in [0.15, 0.2) is 11.5 Å². The molecule has 3 aromatic rings. The highest BCUT2D eigenvalue weighted by Crippen LogP contribution is 2.30. The molecule has 2 aromatic carbocycles. The van der Waals surface area contributed by atoms with Gasteiger partial charge in [0.25, 0.3) is 5.91 Å². The Hall–Kier alpha value is -2.94. The normalized spacial score (nSPS) is 17.2. The van der Waals surface area contributed by atoms with E-state index in [4.69, 9.17) is 21.3 Å². The van der Waals surface area contributed by atoms with Crippen LogP contribution in [0.4, 0.5) is 17.2 Å². The Balaban J connectivity index is 1.38. The van der Waals surface area contributed by atoms with Gasteiger partial charge in [0, 0.05) is 45.0 Å². The van der Waals surface area contributed by atoms with Crippen molar-refractivity contribution in [3.05, 3.63) is 53.2 Å². The molecule has 1 N–H and O–H groups in total. The Labute approximate surface area is 204 Å². The first-order valence-corrected chi connectivity index (χ1v) is 12.2. The maximum Gasteiger partial charge on any atom is 0.278 e. The maximum absolute atomic E-state index is 13.4. The summed E-state index contributed by atoms with van der Waals surface area (Å²) in [6.45, 7) is 9.70. The molecule has 0 atom stereocenters. The zero-order chi connectivity index (χ0) is 23.5. The summed E-state index contributed by atoms with van der Waals surface area (Å²) in [4.78, 5) is 29.6. The van der Waals surface area contributed by atoms with E-state index in [1.807, 2.05) is 42.5 Å². The van der Waals surface area contributed by atoms with E-state index in [1.165, 1.54) is 0 Å². The third-order valence-electron chi connectivity index (χ3n) is 6.44. The molecule has 8 nitrogen and oxygen atoms in total. The van der Waals surface area contributed by atoms with Gasteiger partial charge in [-0.05, 0) is 36.9 Å². The zero-order valence-electron chi connectivity index (χ0n) is 19.3. The van der Waals surface area contributed by atoms with Crippen LogP contribution in [0.2, 0.25) is 5.02 Å². The average Bonchev–Trinajstić information content (AvgIpc) is 2.88. The molecular weight excluding hydrogens is 452 g/mol. The topological polar surface area (TPSA) is 73.8 Å². The number of halogens is 1. The molecule has 2 aliphatic heterocycles. The second kappa shape index (κ2) is 10.1. The SMILES string of the molecule is CCN1CCN(c2ccc(NC(=O)c3nc4ccccc4nc3N3CCOCC3)cc2Cl)CC1. The van der Waals surface area contributed by atoms with Crippen molar-refractivity contribution < 1.29 is 9.53 Å². The number of carbonyl (C=O) groups excluding carboxylic acids is 1. The van der Waals surface area contributed by atoms with E-state index in [0.717, 1.165) is 43.9 Å². The fourth-order valence-corrected chi connectivity index (χ4v) is 4.78. The highest BCUT2D eigenvalue weighted by atomic mass is 35.5. The van der Waals surface area contributed by atoms with Crippen LogP contribution >= 0.6 is 11.6 Å². The molecular formula is C25H29ClN6O2. The lowest BCUT2D eigenvalue weighted by Crippen LogP contribution is -2.46. The number of hydrogen-bond acceptors (Lipinski definition) is 7. The fraction of sp³-hybridized carbons (Fsp3) is 0.400. The van der Waals surface area contributed by atoms with Gasteiger partial charge in [0.05, 0.1) is 35.0 Å². The zero-order valence-corrected chi connectivity index (χ0v) is 20.1. The summed E-state index contributed by atoms with van der Waals surface area (Å²) in [6, 6.07) is 13.3. The summed E-state index contributed by atoms with van der Waals surface area (Å²) in [5.74, 6) is 0.274. The molecule has 5 rings (SSSR count). The van der Waals surface area contributed by atoms with E-state index in [-0.39, 0.29) is 5.91 Å². The number of ether oxygens (including phenoxy) is 1. The minimum Gasteiger partial charge on any atom is -0.378 e. The van der Waals surface area contributed by atoms with E-state index in [1.54, 1.807) is 0 Å². The van der Waals surface area contributed by atoms with E-state index < -0.39 is 0 Å². The van der Waals surface area contributed by atoms with Crippen LogP contribution in [-0.4, -0.2) is 79.8 Å².